The number of amides is 1. The fraction of sp³-hybridized carbons (Fsp3) is 0.273. The Balaban J connectivity index is 1.47. The van der Waals surface area contributed by atoms with Crippen LogP contribution >= 0.6 is 11.3 Å². The van der Waals surface area contributed by atoms with Crippen molar-refractivity contribution in [3.63, 3.8) is 0 Å². The molecule has 1 aromatic heterocycles. The minimum atomic E-state index is -0.117. The number of thiophene rings is 1. The lowest BCUT2D eigenvalue weighted by Gasteiger charge is -2.19. The highest BCUT2D eigenvalue weighted by Crippen LogP contribution is 2.33. The van der Waals surface area contributed by atoms with Crippen LogP contribution in [0.15, 0.2) is 53.6 Å². The summed E-state index contributed by atoms with van der Waals surface area (Å²) in [5.41, 5.74) is 5.04. The number of rotatable bonds is 4. The lowest BCUT2D eigenvalue weighted by atomic mass is 9.87. The summed E-state index contributed by atoms with van der Waals surface area (Å²) in [7, 11) is 0. The van der Waals surface area contributed by atoms with E-state index in [4.69, 9.17) is 0 Å². The van der Waals surface area contributed by atoms with Crippen LogP contribution in [-0.2, 0) is 12.8 Å². The van der Waals surface area contributed by atoms with Gasteiger partial charge in [0.1, 0.15) is 0 Å². The molecule has 0 fully saturated rings. The molecule has 1 N–H and O–H groups in total. The van der Waals surface area contributed by atoms with Gasteiger partial charge in [-0.1, -0.05) is 55.8 Å². The van der Waals surface area contributed by atoms with Gasteiger partial charge in [0.2, 0.25) is 0 Å². The van der Waals surface area contributed by atoms with Gasteiger partial charge in [0, 0.05) is 10.4 Å². The predicted octanol–water partition coefficient (Wildman–Crippen LogP) is 5.18. The molecule has 0 saturated heterocycles. The van der Waals surface area contributed by atoms with Gasteiger partial charge < -0.3 is 0 Å². The van der Waals surface area contributed by atoms with E-state index in [2.05, 4.69) is 41.7 Å². The number of aryl methyl sites for hydroxylation is 1. The smallest absolute Gasteiger partial charge is 0.266 e. The molecule has 1 atom stereocenters. The molecule has 0 aliphatic heterocycles. The topological polar surface area (TPSA) is 41.5 Å². The summed E-state index contributed by atoms with van der Waals surface area (Å²) in [6.07, 6.45) is 6.39. The molecule has 0 radical (unpaired) electrons. The van der Waals surface area contributed by atoms with Crippen molar-refractivity contribution in [2.24, 2.45) is 11.0 Å². The van der Waals surface area contributed by atoms with Gasteiger partial charge in [-0.15, -0.1) is 11.3 Å². The average molecular weight is 362 g/mol. The number of nitrogens with zero attached hydrogens (tertiary/aromatic N) is 1. The van der Waals surface area contributed by atoms with Gasteiger partial charge >= 0.3 is 0 Å². The third kappa shape index (κ3) is 3.42. The van der Waals surface area contributed by atoms with E-state index in [1.54, 1.807) is 17.6 Å². The summed E-state index contributed by atoms with van der Waals surface area (Å²) in [5.74, 6) is 0.645. The van der Waals surface area contributed by atoms with Crippen LogP contribution in [0, 0.1) is 5.92 Å². The van der Waals surface area contributed by atoms with Crippen molar-refractivity contribution in [3.05, 3.63) is 69.4 Å². The van der Waals surface area contributed by atoms with Gasteiger partial charge in [-0.3, -0.25) is 4.79 Å². The normalized spacial score (nSPS) is 16.7. The van der Waals surface area contributed by atoms with Gasteiger partial charge in [0.25, 0.3) is 5.91 Å². The number of hydrogen-bond acceptors (Lipinski definition) is 3. The summed E-state index contributed by atoms with van der Waals surface area (Å²) >= 11 is 1.62. The molecule has 3 nitrogen and oxygen atoms in total. The minimum absolute atomic E-state index is 0.117. The molecule has 4 rings (SSSR count). The molecule has 1 amide bonds. The van der Waals surface area contributed by atoms with Gasteiger partial charge in [-0.25, -0.2) is 5.43 Å². The standard InChI is InChI=1S/C22H22N2OS/c1-2-15-10-11-20-18(12-15)13-21(26-20)22(25)24-23-14-17-8-5-7-16-6-3-4-9-19(16)17/h3-9,13-15H,2,10-12H2,1H3,(H,24,25)/b23-14-/t15-/m1/s1. The van der Waals surface area contributed by atoms with Crippen molar-refractivity contribution in [2.75, 3.05) is 0 Å². The van der Waals surface area contributed by atoms with Crippen LogP contribution in [0.5, 0.6) is 0 Å². The molecule has 1 heterocycles. The van der Waals surface area contributed by atoms with Crippen molar-refractivity contribution in [1.29, 1.82) is 0 Å². The molecule has 3 aromatic rings. The van der Waals surface area contributed by atoms with E-state index in [0.29, 0.717) is 0 Å². The molecule has 0 spiro atoms. The van der Waals surface area contributed by atoms with E-state index in [0.717, 1.165) is 34.6 Å². The maximum absolute atomic E-state index is 12.5. The van der Waals surface area contributed by atoms with Crippen LogP contribution in [0.1, 0.15) is 45.4 Å². The monoisotopic (exact) mass is 362 g/mol. The summed E-state index contributed by atoms with van der Waals surface area (Å²) in [6.45, 7) is 2.25. The first kappa shape index (κ1) is 17.0. The highest BCUT2D eigenvalue weighted by atomic mass is 32.1. The molecule has 1 aliphatic carbocycles. The largest absolute Gasteiger partial charge is 0.281 e. The summed E-state index contributed by atoms with van der Waals surface area (Å²) in [4.78, 5) is 14.6. The van der Waals surface area contributed by atoms with Crippen LogP contribution in [0.25, 0.3) is 10.8 Å². The zero-order chi connectivity index (χ0) is 17.9. The Bertz CT molecular complexity index is 968. The predicted molar refractivity (Wildman–Crippen MR) is 109 cm³/mol. The van der Waals surface area contributed by atoms with Crippen LogP contribution in [0.4, 0.5) is 0 Å². The molecule has 1 aliphatic rings. The first-order valence-corrected chi connectivity index (χ1v) is 9.99. The maximum atomic E-state index is 12.5. The molecule has 26 heavy (non-hydrogen) atoms. The molecule has 0 unspecified atom stereocenters. The van der Waals surface area contributed by atoms with E-state index >= 15 is 0 Å². The highest BCUT2D eigenvalue weighted by molar-refractivity contribution is 7.14. The van der Waals surface area contributed by atoms with Crippen molar-refractivity contribution < 1.29 is 4.79 Å². The number of fused-ring (bicyclic) bond motifs is 2. The first-order chi connectivity index (χ1) is 12.7. The second-order valence-corrected chi connectivity index (χ2v) is 7.98. The van der Waals surface area contributed by atoms with Crippen molar-refractivity contribution >= 4 is 34.2 Å². The minimum Gasteiger partial charge on any atom is -0.266 e. The third-order valence-electron chi connectivity index (χ3n) is 5.18. The highest BCUT2D eigenvalue weighted by Gasteiger charge is 2.21. The first-order valence-electron chi connectivity index (χ1n) is 9.17. The van der Waals surface area contributed by atoms with Gasteiger partial charge in [-0.05, 0) is 47.6 Å². The van der Waals surface area contributed by atoms with Crippen LogP contribution in [-0.4, -0.2) is 12.1 Å². The Morgan fingerprint density at radius 2 is 2.12 bits per heavy atom. The van der Waals surface area contributed by atoms with Crippen molar-refractivity contribution in [1.82, 2.24) is 5.43 Å². The molecule has 0 saturated carbocycles. The third-order valence-corrected chi connectivity index (χ3v) is 6.41. The SMILES string of the molecule is CC[C@@H]1CCc2sc(C(=O)N/N=C\c3cccc4ccccc34)cc2C1. The number of nitrogens with one attached hydrogen (secondary N) is 1. The van der Waals surface area contributed by atoms with E-state index in [9.17, 15) is 4.79 Å². The number of carbonyl (C=O) groups is 1. The maximum Gasteiger partial charge on any atom is 0.281 e. The Labute approximate surface area is 157 Å². The van der Waals surface area contributed by atoms with Crippen LogP contribution in [0.3, 0.4) is 0 Å². The molecule has 2 aromatic carbocycles. The Kier molecular flexibility index (Phi) is 4.85. The average Bonchev–Trinajstić information content (AvgIpc) is 3.11. The molecular formula is C22H22N2OS. The van der Waals surface area contributed by atoms with Crippen LogP contribution in [0.2, 0.25) is 0 Å². The van der Waals surface area contributed by atoms with E-state index in [1.165, 1.54) is 28.7 Å². The van der Waals surface area contributed by atoms with E-state index in [1.807, 2.05) is 24.3 Å². The molecular weight excluding hydrogens is 340 g/mol. The molecule has 4 heteroatoms. The number of hydrazone groups is 1. The lowest BCUT2D eigenvalue weighted by Crippen LogP contribution is -2.16. The fourth-order valence-corrected chi connectivity index (χ4v) is 4.74. The summed E-state index contributed by atoms with van der Waals surface area (Å²) in [5, 5.41) is 6.48. The quantitative estimate of drug-likeness (QED) is 0.504. The Morgan fingerprint density at radius 1 is 1.27 bits per heavy atom. The zero-order valence-electron chi connectivity index (χ0n) is 14.9. The van der Waals surface area contributed by atoms with Crippen LogP contribution < -0.4 is 5.43 Å². The zero-order valence-corrected chi connectivity index (χ0v) is 15.7. The number of carbonyl (C=O) groups excluding carboxylic acids is 1. The fourth-order valence-electron chi connectivity index (χ4n) is 3.64. The Hall–Kier alpha value is -2.46. The number of benzene rings is 2. The van der Waals surface area contributed by atoms with E-state index < -0.39 is 0 Å². The number of hydrogen-bond donors (Lipinski definition) is 1. The Morgan fingerprint density at radius 3 is 3.00 bits per heavy atom. The summed E-state index contributed by atoms with van der Waals surface area (Å²) < 4.78 is 0. The van der Waals surface area contributed by atoms with Crippen molar-refractivity contribution in [2.45, 2.75) is 32.6 Å². The van der Waals surface area contributed by atoms with Gasteiger partial charge in [-0.2, -0.15) is 5.10 Å². The van der Waals surface area contributed by atoms with Gasteiger partial charge in [0.15, 0.2) is 0 Å². The second kappa shape index (κ2) is 7.42. The lowest BCUT2D eigenvalue weighted by molar-refractivity contribution is 0.0959. The summed E-state index contributed by atoms with van der Waals surface area (Å²) in [6, 6.07) is 16.3. The molecule has 132 valence electrons. The van der Waals surface area contributed by atoms with E-state index in [-0.39, 0.29) is 5.91 Å². The molecule has 0 bridgehead atoms. The van der Waals surface area contributed by atoms with Gasteiger partial charge in [0.05, 0.1) is 11.1 Å². The van der Waals surface area contributed by atoms with Crippen molar-refractivity contribution in [3.8, 4) is 0 Å². The second-order valence-electron chi connectivity index (χ2n) is 6.84.